The van der Waals surface area contributed by atoms with Crippen LogP contribution in [0, 0.1) is 0 Å². The van der Waals surface area contributed by atoms with Gasteiger partial charge in [0.25, 0.3) is 0 Å². The molecule has 13 heavy (non-hydrogen) atoms. The summed E-state index contributed by atoms with van der Waals surface area (Å²) < 4.78 is 10.9. The molecule has 2 radical (unpaired) electrons. The van der Waals surface area contributed by atoms with Crippen LogP contribution in [0.1, 0.15) is 26.7 Å². The Balaban J connectivity index is 3.33. The second kappa shape index (κ2) is 10.6. The van der Waals surface area contributed by atoms with E-state index in [2.05, 4.69) is 12.6 Å². The molecule has 0 heterocycles. The van der Waals surface area contributed by atoms with Gasteiger partial charge in [0.1, 0.15) is 15.4 Å². The molecule has 0 atom stereocenters. The second-order valence-corrected chi connectivity index (χ2v) is 4.45. The second-order valence-electron chi connectivity index (χ2n) is 2.63. The van der Waals surface area contributed by atoms with Gasteiger partial charge in [0.05, 0.1) is 0 Å². The molecular weight excluding hydrogens is 200 g/mol. The maximum absolute atomic E-state index is 5.43. The molecule has 0 unspecified atom stereocenters. The molecule has 0 N–H and O–H groups in total. The van der Waals surface area contributed by atoms with Crippen molar-refractivity contribution in [2.45, 2.75) is 38.6 Å². The molecule has 0 aliphatic carbocycles. The summed E-state index contributed by atoms with van der Waals surface area (Å²) >= 11 is 4.17. The minimum absolute atomic E-state index is 0.0370. The van der Waals surface area contributed by atoms with Gasteiger partial charge in [0.15, 0.2) is 0 Å². The van der Waals surface area contributed by atoms with E-state index in [1.807, 2.05) is 13.8 Å². The Kier molecular flexibility index (Phi) is 11.0. The predicted molar refractivity (Wildman–Crippen MR) is 60.7 cm³/mol. The third-order valence-electron chi connectivity index (χ3n) is 1.53. The molecular formula is C9H20O2SSi. The van der Waals surface area contributed by atoms with E-state index >= 15 is 0 Å². The van der Waals surface area contributed by atoms with E-state index in [4.69, 9.17) is 9.47 Å². The smallest absolute Gasteiger partial charge is 0.137 e. The zero-order valence-corrected chi connectivity index (χ0v) is 10.5. The van der Waals surface area contributed by atoms with Gasteiger partial charge in [-0.2, -0.15) is 12.6 Å². The first kappa shape index (κ1) is 13.5. The van der Waals surface area contributed by atoms with Crippen molar-refractivity contribution < 1.29 is 9.47 Å². The Labute approximate surface area is 89.6 Å². The van der Waals surface area contributed by atoms with Crippen LogP contribution in [0.4, 0.5) is 0 Å². The van der Waals surface area contributed by atoms with Gasteiger partial charge in [-0.15, -0.1) is 0 Å². The van der Waals surface area contributed by atoms with Crippen molar-refractivity contribution in [1.29, 1.82) is 0 Å². The maximum atomic E-state index is 5.43. The zero-order chi connectivity index (χ0) is 9.94. The number of ether oxygens (including phenoxy) is 2. The van der Waals surface area contributed by atoms with E-state index in [-0.39, 0.29) is 5.91 Å². The largest absolute Gasteiger partial charge is 0.357 e. The lowest BCUT2D eigenvalue weighted by Gasteiger charge is -2.15. The minimum atomic E-state index is 0.0370. The van der Waals surface area contributed by atoms with Gasteiger partial charge in [-0.3, -0.25) is 0 Å². The fraction of sp³-hybridized carbons (Fsp3) is 1.00. The predicted octanol–water partition coefficient (Wildman–Crippen LogP) is 2.18. The molecule has 78 valence electrons. The van der Waals surface area contributed by atoms with Crippen molar-refractivity contribution in [2.75, 3.05) is 19.0 Å². The number of hydrogen-bond donors (Lipinski definition) is 1. The quantitative estimate of drug-likeness (QED) is 0.278. The highest BCUT2D eigenvalue weighted by Gasteiger charge is 2.07. The van der Waals surface area contributed by atoms with Crippen LogP contribution in [-0.4, -0.2) is 34.4 Å². The standard InChI is InChI=1S/C9H20O2SSi/c1-3-10-9(11-4-2)13-8-6-5-7-12/h9,12H,3-8H2,1-2H3. The van der Waals surface area contributed by atoms with Gasteiger partial charge in [0, 0.05) is 13.2 Å². The van der Waals surface area contributed by atoms with Gasteiger partial charge in [-0.05, 0) is 26.0 Å². The molecule has 0 rings (SSSR count). The molecule has 0 aromatic carbocycles. The molecule has 0 aromatic heterocycles. The lowest BCUT2D eigenvalue weighted by Crippen LogP contribution is -2.24. The zero-order valence-electron chi connectivity index (χ0n) is 8.58. The third-order valence-corrected chi connectivity index (χ3v) is 3.16. The Morgan fingerprint density at radius 3 is 2.23 bits per heavy atom. The summed E-state index contributed by atoms with van der Waals surface area (Å²) in [4.78, 5) is 0. The number of hydrogen-bond acceptors (Lipinski definition) is 3. The van der Waals surface area contributed by atoms with Gasteiger partial charge in [-0.1, -0.05) is 12.5 Å². The molecule has 0 aliphatic heterocycles. The van der Waals surface area contributed by atoms with Crippen LogP contribution in [0.15, 0.2) is 0 Å². The molecule has 0 aromatic rings. The van der Waals surface area contributed by atoms with Gasteiger partial charge in [0.2, 0.25) is 0 Å². The summed E-state index contributed by atoms with van der Waals surface area (Å²) in [6.45, 7) is 5.49. The van der Waals surface area contributed by atoms with Crippen molar-refractivity contribution in [3.63, 3.8) is 0 Å². The lowest BCUT2D eigenvalue weighted by atomic mass is 10.4. The van der Waals surface area contributed by atoms with E-state index in [1.165, 1.54) is 18.9 Å². The summed E-state index contributed by atoms with van der Waals surface area (Å²) in [7, 11) is 0.768. The molecule has 0 bridgehead atoms. The van der Waals surface area contributed by atoms with Crippen LogP contribution in [0.25, 0.3) is 0 Å². The first-order valence-corrected chi connectivity index (χ1v) is 6.84. The monoisotopic (exact) mass is 220 g/mol. The Bertz CT molecular complexity index is 97.6. The van der Waals surface area contributed by atoms with Crippen LogP contribution >= 0.6 is 12.6 Å². The van der Waals surface area contributed by atoms with Crippen LogP contribution in [0.2, 0.25) is 6.04 Å². The number of thiol groups is 1. The minimum Gasteiger partial charge on any atom is -0.357 e. The highest BCUT2D eigenvalue weighted by Crippen LogP contribution is 2.02. The summed E-state index contributed by atoms with van der Waals surface area (Å²) in [6, 6.07) is 1.20. The van der Waals surface area contributed by atoms with Crippen molar-refractivity contribution >= 4 is 22.1 Å². The van der Waals surface area contributed by atoms with Crippen LogP contribution < -0.4 is 0 Å². The van der Waals surface area contributed by atoms with Gasteiger partial charge < -0.3 is 9.47 Å². The summed E-state index contributed by atoms with van der Waals surface area (Å²) in [5.41, 5.74) is 0. The van der Waals surface area contributed by atoms with Crippen molar-refractivity contribution in [2.24, 2.45) is 0 Å². The average Bonchev–Trinajstić information content (AvgIpc) is 2.13. The molecule has 2 nitrogen and oxygen atoms in total. The van der Waals surface area contributed by atoms with E-state index in [0.717, 1.165) is 28.5 Å². The molecule has 0 amide bonds. The average molecular weight is 220 g/mol. The molecule has 0 saturated heterocycles. The van der Waals surface area contributed by atoms with E-state index in [0.29, 0.717) is 0 Å². The van der Waals surface area contributed by atoms with Crippen molar-refractivity contribution in [1.82, 2.24) is 0 Å². The van der Waals surface area contributed by atoms with Crippen LogP contribution in [0.3, 0.4) is 0 Å². The summed E-state index contributed by atoms with van der Waals surface area (Å²) in [5, 5.41) is 0. The summed E-state index contributed by atoms with van der Waals surface area (Å²) in [5.74, 6) is 1.02. The van der Waals surface area contributed by atoms with E-state index in [1.54, 1.807) is 0 Å². The van der Waals surface area contributed by atoms with E-state index in [9.17, 15) is 0 Å². The number of rotatable bonds is 9. The highest BCUT2D eigenvalue weighted by molar-refractivity contribution is 7.80. The van der Waals surface area contributed by atoms with E-state index < -0.39 is 0 Å². The molecule has 0 fully saturated rings. The lowest BCUT2D eigenvalue weighted by molar-refractivity contribution is -0.0827. The van der Waals surface area contributed by atoms with Gasteiger partial charge >= 0.3 is 0 Å². The highest BCUT2D eigenvalue weighted by atomic mass is 32.1. The molecule has 4 heteroatoms. The fourth-order valence-electron chi connectivity index (χ4n) is 0.925. The fourth-order valence-corrected chi connectivity index (χ4v) is 2.41. The Morgan fingerprint density at radius 2 is 1.77 bits per heavy atom. The maximum Gasteiger partial charge on any atom is 0.137 e. The SMILES string of the molecule is CCOC(OCC)[Si]CCCCS. The molecule has 0 spiro atoms. The van der Waals surface area contributed by atoms with Crippen LogP contribution in [-0.2, 0) is 9.47 Å². The topological polar surface area (TPSA) is 18.5 Å². The number of unbranched alkanes of at least 4 members (excludes halogenated alkanes) is 1. The summed E-state index contributed by atoms with van der Waals surface area (Å²) in [6.07, 6.45) is 2.43. The normalized spacial score (nSPS) is 11.1. The van der Waals surface area contributed by atoms with Gasteiger partial charge in [-0.25, -0.2) is 0 Å². The molecule has 0 aliphatic rings. The Hall–Kier alpha value is 0.487. The molecule has 0 saturated carbocycles. The third kappa shape index (κ3) is 8.81. The van der Waals surface area contributed by atoms with Crippen LogP contribution in [0.5, 0.6) is 0 Å². The van der Waals surface area contributed by atoms with Crippen molar-refractivity contribution in [3.8, 4) is 0 Å². The first-order valence-electron chi connectivity index (χ1n) is 4.92. The first-order chi connectivity index (χ1) is 6.35. The van der Waals surface area contributed by atoms with Crippen molar-refractivity contribution in [3.05, 3.63) is 0 Å². The Morgan fingerprint density at radius 1 is 1.15 bits per heavy atom.